The van der Waals surface area contributed by atoms with Crippen LogP contribution in [-0.4, -0.2) is 24.4 Å². The van der Waals surface area contributed by atoms with E-state index in [1.54, 1.807) is 6.92 Å². The Balaban J connectivity index is 2.48. The van der Waals surface area contributed by atoms with Crippen LogP contribution in [0.2, 0.25) is 5.22 Å². The molecule has 0 saturated heterocycles. The largest absolute Gasteiger partial charge is 0.440 e. The Morgan fingerprint density at radius 3 is 2.71 bits per heavy atom. The van der Waals surface area contributed by atoms with Crippen LogP contribution in [0.5, 0.6) is 0 Å². The summed E-state index contributed by atoms with van der Waals surface area (Å²) in [6.07, 6.45) is 0.847. The van der Waals surface area contributed by atoms with Crippen molar-refractivity contribution in [1.82, 2.24) is 10.6 Å². The van der Waals surface area contributed by atoms with Crippen molar-refractivity contribution >= 4 is 23.4 Å². The van der Waals surface area contributed by atoms with Crippen molar-refractivity contribution in [3.63, 3.8) is 0 Å². The van der Waals surface area contributed by atoms with Gasteiger partial charge in [-0.3, -0.25) is 9.59 Å². The van der Waals surface area contributed by atoms with Crippen LogP contribution in [0.3, 0.4) is 0 Å². The topological polar surface area (TPSA) is 71.3 Å². The number of hydrogen-bond acceptors (Lipinski definition) is 3. The van der Waals surface area contributed by atoms with E-state index in [1.807, 2.05) is 6.92 Å². The predicted molar refractivity (Wildman–Crippen MR) is 63.9 cm³/mol. The van der Waals surface area contributed by atoms with Gasteiger partial charge in [0.1, 0.15) is 6.04 Å². The first kappa shape index (κ1) is 13.6. The molecule has 0 aliphatic heterocycles. The van der Waals surface area contributed by atoms with Gasteiger partial charge in [-0.15, -0.1) is 0 Å². The van der Waals surface area contributed by atoms with Gasteiger partial charge in [-0.2, -0.15) is 0 Å². The number of rotatable bonds is 5. The zero-order valence-corrected chi connectivity index (χ0v) is 10.5. The summed E-state index contributed by atoms with van der Waals surface area (Å²) in [5.41, 5.74) is 0. The summed E-state index contributed by atoms with van der Waals surface area (Å²) < 4.78 is 4.93. The number of furan rings is 1. The van der Waals surface area contributed by atoms with Crippen LogP contribution in [0, 0.1) is 0 Å². The summed E-state index contributed by atoms with van der Waals surface area (Å²) in [4.78, 5) is 23.1. The van der Waals surface area contributed by atoms with Crippen LogP contribution in [0.25, 0.3) is 0 Å². The van der Waals surface area contributed by atoms with Gasteiger partial charge in [-0.1, -0.05) is 6.92 Å². The highest BCUT2D eigenvalue weighted by atomic mass is 35.5. The molecule has 0 fully saturated rings. The third-order valence-corrected chi connectivity index (χ3v) is 2.29. The second-order valence-corrected chi connectivity index (χ2v) is 3.96. The smallest absolute Gasteiger partial charge is 0.287 e. The first-order valence-electron chi connectivity index (χ1n) is 5.38. The molecular formula is C11H15ClN2O3. The minimum absolute atomic E-state index is 0.0881. The van der Waals surface area contributed by atoms with Crippen LogP contribution < -0.4 is 10.6 Å². The lowest BCUT2D eigenvalue weighted by Gasteiger charge is -2.12. The molecule has 0 spiro atoms. The second kappa shape index (κ2) is 6.30. The van der Waals surface area contributed by atoms with E-state index in [9.17, 15) is 9.59 Å². The maximum atomic E-state index is 11.6. The molecule has 1 atom stereocenters. The van der Waals surface area contributed by atoms with Crippen LogP contribution >= 0.6 is 11.6 Å². The minimum Gasteiger partial charge on any atom is -0.440 e. The highest BCUT2D eigenvalue weighted by Gasteiger charge is 2.18. The van der Waals surface area contributed by atoms with Gasteiger partial charge in [-0.05, 0) is 37.1 Å². The fraction of sp³-hybridized carbons (Fsp3) is 0.455. The molecule has 1 unspecified atom stereocenters. The Labute approximate surface area is 105 Å². The number of hydrogen-bond donors (Lipinski definition) is 2. The number of nitrogens with one attached hydrogen (secondary N) is 2. The third kappa shape index (κ3) is 4.11. The van der Waals surface area contributed by atoms with E-state index in [1.165, 1.54) is 12.1 Å². The molecule has 2 amide bonds. The normalized spacial score (nSPS) is 11.9. The summed E-state index contributed by atoms with van der Waals surface area (Å²) >= 11 is 5.55. The Morgan fingerprint density at radius 2 is 2.18 bits per heavy atom. The van der Waals surface area contributed by atoms with Crippen LogP contribution in [0.1, 0.15) is 30.8 Å². The molecule has 0 aromatic carbocycles. The number of halogens is 1. The van der Waals surface area contributed by atoms with Crippen molar-refractivity contribution in [2.75, 3.05) is 6.54 Å². The second-order valence-electron chi connectivity index (χ2n) is 3.59. The van der Waals surface area contributed by atoms with Gasteiger partial charge in [0, 0.05) is 6.54 Å². The van der Waals surface area contributed by atoms with Crippen LogP contribution in [0.15, 0.2) is 16.5 Å². The van der Waals surface area contributed by atoms with E-state index in [0.29, 0.717) is 6.54 Å². The van der Waals surface area contributed by atoms with Crippen LogP contribution in [-0.2, 0) is 4.79 Å². The average molecular weight is 259 g/mol. The lowest BCUT2D eigenvalue weighted by molar-refractivity contribution is -0.122. The van der Waals surface area contributed by atoms with E-state index >= 15 is 0 Å². The lowest BCUT2D eigenvalue weighted by Crippen LogP contribution is -2.44. The fourth-order valence-electron chi connectivity index (χ4n) is 1.17. The van der Waals surface area contributed by atoms with E-state index in [-0.39, 0.29) is 16.9 Å². The van der Waals surface area contributed by atoms with Gasteiger partial charge in [0.25, 0.3) is 5.91 Å². The monoisotopic (exact) mass is 258 g/mol. The molecule has 0 saturated carbocycles. The molecule has 1 rings (SSSR count). The fourth-order valence-corrected chi connectivity index (χ4v) is 1.32. The zero-order valence-electron chi connectivity index (χ0n) is 9.75. The molecule has 1 heterocycles. The first-order chi connectivity index (χ1) is 8.04. The average Bonchev–Trinajstić information content (AvgIpc) is 2.72. The molecule has 5 nitrogen and oxygen atoms in total. The van der Waals surface area contributed by atoms with Crippen molar-refractivity contribution in [2.24, 2.45) is 0 Å². The summed E-state index contributed by atoms with van der Waals surface area (Å²) in [6.45, 7) is 4.15. The van der Waals surface area contributed by atoms with E-state index < -0.39 is 11.9 Å². The first-order valence-corrected chi connectivity index (χ1v) is 5.76. The predicted octanol–water partition coefficient (Wildman–Crippen LogP) is 1.58. The lowest BCUT2D eigenvalue weighted by atomic mass is 10.3. The molecule has 17 heavy (non-hydrogen) atoms. The third-order valence-electron chi connectivity index (χ3n) is 2.09. The SMILES string of the molecule is CCCNC(=O)C(C)NC(=O)c1ccc(Cl)o1. The molecule has 0 aliphatic rings. The minimum atomic E-state index is -0.613. The maximum absolute atomic E-state index is 11.6. The Kier molecular flexibility index (Phi) is 5.03. The van der Waals surface area contributed by atoms with Gasteiger partial charge < -0.3 is 15.1 Å². The summed E-state index contributed by atoms with van der Waals surface area (Å²) in [6, 6.07) is 2.31. The van der Waals surface area contributed by atoms with Crippen LogP contribution in [0.4, 0.5) is 0 Å². The number of carbonyl (C=O) groups is 2. The standard InChI is InChI=1S/C11H15ClN2O3/c1-3-6-13-10(15)7(2)14-11(16)8-4-5-9(12)17-8/h4-5,7H,3,6H2,1-2H3,(H,13,15)(H,14,16). The highest BCUT2D eigenvalue weighted by Crippen LogP contribution is 2.12. The Bertz CT molecular complexity index is 403. The molecule has 94 valence electrons. The maximum Gasteiger partial charge on any atom is 0.287 e. The molecule has 6 heteroatoms. The van der Waals surface area contributed by atoms with E-state index in [0.717, 1.165) is 6.42 Å². The van der Waals surface area contributed by atoms with Crippen molar-refractivity contribution < 1.29 is 14.0 Å². The van der Waals surface area contributed by atoms with E-state index in [2.05, 4.69) is 10.6 Å². The molecule has 0 aliphatic carbocycles. The molecule has 0 bridgehead atoms. The summed E-state index contributed by atoms with van der Waals surface area (Å²) in [7, 11) is 0. The van der Waals surface area contributed by atoms with Crippen molar-refractivity contribution in [3.8, 4) is 0 Å². The van der Waals surface area contributed by atoms with Gasteiger partial charge in [0.2, 0.25) is 5.91 Å². The highest BCUT2D eigenvalue weighted by molar-refractivity contribution is 6.29. The summed E-state index contributed by atoms with van der Waals surface area (Å²) in [5.74, 6) is -0.598. The molecular weight excluding hydrogens is 244 g/mol. The van der Waals surface area contributed by atoms with Crippen molar-refractivity contribution in [1.29, 1.82) is 0 Å². The van der Waals surface area contributed by atoms with Gasteiger partial charge in [0.05, 0.1) is 0 Å². The Hall–Kier alpha value is -1.49. The number of carbonyl (C=O) groups excluding carboxylic acids is 2. The van der Waals surface area contributed by atoms with Crippen molar-refractivity contribution in [2.45, 2.75) is 26.3 Å². The molecule has 2 N–H and O–H groups in total. The quantitative estimate of drug-likeness (QED) is 0.842. The summed E-state index contributed by atoms with van der Waals surface area (Å²) in [5, 5.41) is 5.34. The van der Waals surface area contributed by atoms with Gasteiger partial charge in [0.15, 0.2) is 11.0 Å². The molecule has 1 aromatic heterocycles. The molecule has 0 radical (unpaired) electrons. The Morgan fingerprint density at radius 1 is 1.47 bits per heavy atom. The molecule has 1 aromatic rings. The van der Waals surface area contributed by atoms with Gasteiger partial charge in [-0.25, -0.2) is 0 Å². The zero-order chi connectivity index (χ0) is 12.8. The van der Waals surface area contributed by atoms with Crippen molar-refractivity contribution in [3.05, 3.63) is 23.1 Å². The van der Waals surface area contributed by atoms with E-state index in [4.69, 9.17) is 16.0 Å². The van der Waals surface area contributed by atoms with Gasteiger partial charge >= 0.3 is 0 Å². The number of amides is 2.